The molecule has 0 aliphatic heterocycles. The third-order valence-corrected chi connectivity index (χ3v) is 3.76. The number of hydrogen-bond donors (Lipinski definition) is 2. The maximum absolute atomic E-state index is 12.1. The highest BCUT2D eigenvalue weighted by molar-refractivity contribution is 14.1. The lowest BCUT2D eigenvalue weighted by Gasteiger charge is -2.06. The summed E-state index contributed by atoms with van der Waals surface area (Å²) in [6, 6.07) is 16.3. The fourth-order valence-electron chi connectivity index (χ4n) is 1.60. The van der Waals surface area contributed by atoms with Crippen LogP contribution in [0.4, 0.5) is 11.4 Å². The maximum Gasteiger partial charge on any atom is 0.267 e. The number of halogens is 2. The van der Waals surface area contributed by atoms with E-state index in [4.69, 9.17) is 16.9 Å². The number of nitrogens with zero attached hydrogens (tertiary/aromatic N) is 1. The normalized spacial score (nSPS) is 10.7. The molecule has 0 aliphatic carbocycles. The largest absolute Gasteiger partial charge is 0.360 e. The molecule has 0 unspecified atom stereocenters. The van der Waals surface area contributed by atoms with Crippen LogP contribution in [-0.4, -0.2) is 5.91 Å². The Bertz CT molecular complexity index is 751. The Morgan fingerprint density at radius 2 is 1.86 bits per heavy atom. The van der Waals surface area contributed by atoms with Gasteiger partial charge in [0.2, 0.25) is 0 Å². The van der Waals surface area contributed by atoms with Crippen LogP contribution in [0.25, 0.3) is 0 Å². The molecule has 6 heteroatoms. The number of nitrogens with one attached hydrogen (secondary N) is 2. The number of rotatable bonds is 4. The van der Waals surface area contributed by atoms with E-state index in [1.165, 1.54) is 6.20 Å². The van der Waals surface area contributed by atoms with Crippen LogP contribution in [0.3, 0.4) is 0 Å². The van der Waals surface area contributed by atoms with Gasteiger partial charge in [0.05, 0.1) is 10.7 Å². The first kappa shape index (κ1) is 16.3. The Kier molecular flexibility index (Phi) is 5.81. The Morgan fingerprint density at radius 3 is 2.50 bits per heavy atom. The van der Waals surface area contributed by atoms with Crippen LogP contribution in [0.5, 0.6) is 0 Å². The van der Waals surface area contributed by atoms with Crippen molar-refractivity contribution >= 4 is 51.5 Å². The fourth-order valence-corrected chi connectivity index (χ4v) is 2.15. The summed E-state index contributed by atoms with van der Waals surface area (Å²) >= 11 is 8.17. The molecule has 0 fully saturated rings. The van der Waals surface area contributed by atoms with E-state index in [1.54, 1.807) is 24.3 Å². The summed E-state index contributed by atoms with van der Waals surface area (Å²) in [6.45, 7) is 0. The summed E-state index contributed by atoms with van der Waals surface area (Å²) in [5.74, 6) is -0.520. The third kappa shape index (κ3) is 4.48. The molecule has 0 radical (unpaired) electrons. The first-order valence-corrected chi connectivity index (χ1v) is 7.74. The fraction of sp³-hybridized carbons (Fsp3) is 0. The third-order valence-electron chi connectivity index (χ3n) is 2.71. The summed E-state index contributed by atoms with van der Waals surface area (Å²) in [5.41, 5.74) is 1.21. The van der Waals surface area contributed by atoms with E-state index < -0.39 is 5.91 Å². The van der Waals surface area contributed by atoms with Gasteiger partial charge < -0.3 is 10.6 Å². The predicted molar refractivity (Wildman–Crippen MR) is 96.6 cm³/mol. The molecule has 0 atom stereocenters. The second kappa shape index (κ2) is 7.82. The van der Waals surface area contributed by atoms with Crippen molar-refractivity contribution in [2.45, 2.75) is 0 Å². The average molecular weight is 424 g/mol. The molecule has 1 amide bonds. The predicted octanol–water partition coefficient (Wildman–Crippen LogP) is 4.40. The van der Waals surface area contributed by atoms with Crippen LogP contribution in [0.15, 0.2) is 60.3 Å². The van der Waals surface area contributed by atoms with E-state index >= 15 is 0 Å². The van der Waals surface area contributed by atoms with E-state index in [1.807, 2.05) is 30.3 Å². The first-order valence-electron chi connectivity index (χ1n) is 6.28. The molecule has 0 heterocycles. The molecule has 2 aromatic carbocycles. The van der Waals surface area contributed by atoms with E-state index in [0.29, 0.717) is 10.7 Å². The zero-order valence-electron chi connectivity index (χ0n) is 11.3. The summed E-state index contributed by atoms with van der Waals surface area (Å²) in [7, 11) is 0. The summed E-state index contributed by atoms with van der Waals surface area (Å²) in [4.78, 5) is 12.1. The highest BCUT2D eigenvalue weighted by Gasteiger charge is 2.10. The van der Waals surface area contributed by atoms with Crippen molar-refractivity contribution in [2.75, 3.05) is 10.6 Å². The van der Waals surface area contributed by atoms with Crippen LogP contribution in [0.1, 0.15) is 0 Å². The van der Waals surface area contributed by atoms with Crippen LogP contribution < -0.4 is 10.6 Å². The molecule has 0 saturated heterocycles. The minimum absolute atomic E-state index is 0.0431. The lowest BCUT2D eigenvalue weighted by Crippen LogP contribution is -2.14. The molecule has 4 nitrogen and oxygen atoms in total. The van der Waals surface area contributed by atoms with Gasteiger partial charge in [-0.05, 0) is 59.0 Å². The lowest BCUT2D eigenvalue weighted by atomic mass is 10.2. The number of nitriles is 1. The van der Waals surface area contributed by atoms with Gasteiger partial charge in [0.1, 0.15) is 11.6 Å². The highest BCUT2D eigenvalue weighted by Crippen LogP contribution is 2.21. The van der Waals surface area contributed by atoms with Gasteiger partial charge in [-0.3, -0.25) is 4.79 Å². The molecular weight excluding hydrogens is 413 g/mol. The van der Waals surface area contributed by atoms with Crippen LogP contribution in [0.2, 0.25) is 5.02 Å². The van der Waals surface area contributed by atoms with Crippen LogP contribution in [-0.2, 0) is 4.79 Å². The zero-order chi connectivity index (χ0) is 15.9. The minimum atomic E-state index is -0.520. The van der Waals surface area contributed by atoms with E-state index in [0.717, 1.165) is 9.26 Å². The van der Waals surface area contributed by atoms with Crippen molar-refractivity contribution in [3.8, 4) is 6.07 Å². The molecule has 0 aliphatic rings. The van der Waals surface area contributed by atoms with Crippen molar-refractivity contribution in [2.24, 2.45) is 0 Å². The van der Waals surface area contributed by atoms with Crippen molar-refractivity contribution in [3.05, 3.63) is 68.9 Å². The summed E-state index contributed by atoms with van der Waals surface area (Å²) in [5, 5.41) is 15.1. The van der Waals surface area contributed by atoms with E-state index in [9.17, 15) is 4.79 Å². The molecular formula is C16H11ClIN3O. The van der Waals surface area contributed by atoms with Crippen molar-refractivity contribution in [1.82, 2.24) is 0 Å². The molecule has 22 heavy (non-hydrogen) atoms. The second-order valence-corrected chi connectivity index (χ2v) is 5.91. The molecule has 0 spiro atoms. The van der Waals surface area contributed by atoms with Gasteiger partial charge in [0, 0.05) is 15.5 Å². The standard InChI is InChI=1S/C16H11ClIN3O/c17-14-3-1-2-4-15(14)21-16(22)11(9-19)10-20-13-7-5-12(18)6-8-13/h1-8,10,20H,(H,21,22)/b11-10-. The number of benzene rings is 2. The number of amides is 1. The lowest BCUT2D eigenvalue weighted by molar-refractivity contribution is -0.112. The molecule has 0 aromatic heterocycles. The second-order valence-electron chi connectivity index (χ2n) is 4.26. The highest BCUT2D eigenvalue weighted by atomic mass is 127. The van der Waals surface area contributed by atoms with Gasteiger partial charge in [-0.2, -0.15) is 5.26 Å². The molecule has 110 valence electrons. The first-order chi connectivity index (χ1) is 10.6. The summed E-state index contributed by atoms with van der Waals surface area (Å²) < 4.78 is 1.10. The number of carbonyl (C=O) groups excluding carboxylic acids is 1. The Balaban J connectivity index is 2.09. The Labute approximate surface area is 146 Å². The molecule has 0 bridgehead atoms. The van der Waals surface area contributed by atoms with E-state index in [2.05, 4.69) is 33.2 Å². The smallest absolute Gasteiger partial charge is 0.267 e. The number of anilines is 2. The van der Waals surface area contributed by atoms with Gasteiger partial charge in [-0.15, -0.1) is 0 Å². The quantitative estimate of drug-likeness (QED) is 0.435. The SMILES string of the molecule is N#C/C(=C/Nc1ccc(I)cc1)C(=O)Nc1ccccc1Cl. The van der Waals surface area contributed by atoms with E-state index in [-0.39, 0.29) is 5.57 Å². The average Bonchev–Trinajstić information content (AvgIpc) is 2.52. The minimum Gasteiger partial charge on any atom is -0.360 e. The van der Waals surface area contributed by atoms with Gasteiger partial charge in [0.25, 0.3) is 5.91 Å². The Hall–Kier alpha value is -2.04. The number of carbonyl (C=O) groups is 1. The van der Waals surface area contributed by atoms with Crippen molar-refractivity contribution in [1.29, 1.82) is 5.26 Å². The van der Waals surface area contributed by atoms with Gasteiger partial charge in [0.15, 0.2) is 0 Å². The van der Waals surface area contributed by atoms with Crippen LogP contribution in [0, 0.1) is 14.9 Å². The van der Waals surface area contributed by atoms with Crippen molar-refractivity contribution in [3.63, 3.8) is 0 Å². The van der Waals surface area contributed by atoms with Gasteiger partial charge >= 0.3 is 0 Å². The molecule has 0 saturated carbocycles. The molecule has 2 aromatic rings. The topological polar surface area (TPSA) is 64.9 Å². The maximum atomic E-state index is 12.1. The van der Waals surface area contributed by atoms with Crippen molar-refractivity contribution < 1.29 is 4.79 Å². The zero-order valence-corrected chi connectivity index (χ0v) is 14.2. The van der Waals surface area contributed by atoms with Crippen LogP contribution >= 0.6 is 34.2 Å². The monoisotopic (exact) mass is 423 g/mol. The Morgan fingerprint density at radius 1 is 1.18 bits per heavy atom. The number of hydrogen-bond acceptors (Lipinski definition) is 3. The molecule has 2 rings (SSSR count). The van der Waals surface area contributed by atoms with Gasteiger partial charge in [-0.25, -0.2) is 0 Å². The van der Waals surface area contributed by atoms with Gasteiger partial charge in [-0.1, -0.05) is 23.7 Å². The molecule has 2 N–H and O–H groups in total. The number of para-hydroxylation sites is 1. The summed E-state index contributed by atoms with van der Waals surface area (Å²) in [6.07, 6.45) is 1.37.